The molecule has 8 heteroatoms. The van der Waals surface area contributed by atoms with Gasteiger partial charge in [-0.05, 0) is 30.9 Å². The third-order valence-electron chi connectivity index (χ3n) is 2.91. The number of hydrogen-bond acceptors (Lipinski definition) is 7. The van der Waals surface area contributed by atoms with Gasteiger partial charge >= 0.3 is 0 Å². The van der Waals surface area contributed by atoms with Crippen molar-refractivity contribution in [2.45, 2.75) is 11.3 Å². The number of fused-ring (bicyclic) bond motifs is 1. The van der Waals surface area contributed by atoms with Crippen molar-refractivity contribution >= 4 is 45.1 Å². The molecule has 0 spiro atoms. The number of benzene rings is 1. The molecule has 0 fully saturated rings. The Morgan fingerprint density at radius 3 is 2.86 bits per heavy atom. The molecule has 3 aromatic rings. The van der Waals surface area contributed by atoms with E-state index in [9.17, 15) is 9.59 Å². The van der Waals surface area contributed by atoms with Crippen molar-refractivity contribution in [3.05, 3.63) is 45.8 Å². The number of thioether (sulfide) groups is 1. The van der Waals surface area contributed by atoms with Crippen LogP contribution in [0.2, 0.25) is 0 Å². The van der Waals surface area contributed by atoms with E-state index in [1.165, 1.54) is 29.2 Å². The summed E-state index contributed by atoms with van der Waals surface area (Å²) in [6, 6.07) is 6.42. The van der Waals surface area contributed by atoms with E-state index < -0.39 is 5.91 Å². The van der Waals surface area contributed by atoms with Crippen LogP contribution in [0.1, 0.15) is 16.1 Å². The first-order valence-electron chi connectivity index (χ1n) is 6.30. The average Bonchev–Trinajstić information content (AvgIpc) is 2.94. The first-order valence-corrected chi connectivity index (χ1v) is 8.34. The molecule has 0 aliphatic heterocycles. The minimum atomic E-state index is -0.524. The van der Waals surface area contributed by atoms with Crippen LogP contribution in [0.25, 0.3) is 11.0 Å². The van der Waals surface area contributed by atoms with Crippen LogP contribution in [-0.4, -0.2) is 22.4 Å². The molecule has 112 valence electrons. The van der Waals surface area contributed by atoms with Crippen LogP contribution in [0.4, 0.5) is 5.13 Å². The SMILES string of the molecule is CSc1nnc(NC(=O)c2cc(=O)c3ccc(C)cc3o2)s1. The standard InChI is InChI=1S/C14H11N3O3S2/c1-7-3-4-8-9(18)6-11(20-10(8)5-7)12(19)15-13-16-17-14(21-2)22-13/h3-6H,1-2H3,(H,15,16,19). The predicted octanol–water partition coefficient (Wildman–Crippen LogP) is 2.93. The van der Waals surface area contributed by atoms with Crippen LogP contribution in [0.3, 0.4) is 0 Å². The lowest BCUT2D eigenvalue weighted by Crippen LogP contribution is -2.14. The largest absolute Gasteiger partial charge is 0.451 e. The van der Waals surface area contributed by atoms with Crippen LogP contribution >= 0.6 is 23.1 Å². The second kappa shape index (κ2) is 5.90. The second-order valence-electron chi connectivity index (χ2n) is 4.51. The highest BCUT2D eigenvalue weighted by molar-refractivity contribution is 8.00. The Balaban J connectivity index is 1.95. The zero-order valence-electron chi connectivity index (χ0n) is 11.7. The Kier molecular flexibility index (Phi) is 3.95. The fourth-order valence-electron chi connectivity index (χ4n) is 1.88. The van der Waals surface area contributed by atoms with Gasteiger partial charge in [-0.2, -0.15) is 0 Å². The molecule has 0 saturated heterocycles. The molecule has 0 unspecified atom stereocenters. The molecule has 0 radical (unpaired) electrons. The van der Waals surface area contributed by atoms with Gasteiger partial charge < -0.3 is 4.42 Å². The van der Waals surface area contributed by atoms with Crippen LogP contribution in [-0.2, 0) is 0 Å². The molecule has 1 aromatic carbocycles. The number of anilines is 1. The molecule has 6 nitrogen and oxygen atoms in total. The van der Waals surface area contributed by atoms with Gasteiger partial charge in [-0.15, -0.1) is 10.2 Å². The Bertz CT molecular complexity index is 917. The second-order valence-corrected chi connectivity index (χ2v) is 6.54. The van der Waals surface area contributed by atoms with Crippen LogP contribution in [0.5, 0.6) is 0 Å². The number of nitrogens with one attached hydrogen (secondary N) is 1. The van der Waals surface area contributed by atoms with Crippen molar-refractivity contribution in [2.75, 3.05) is 11.6 Å². The first kappa shape index (κ1) is 14.7. The number of nitrogens with zero attached hydrogens (tertiary/aromatic N) is 2. The Labute approximate surface area is 133 Å². The molecule has 0 bridgehead atoms. The average molecular weight is 333 g/mol. The Morgan fingerprint density at radius 1 is 1.32 bits per heavy atom. The van der Waals surface area contributed by atoms with Crippen molar-refractivity contribution in [3.8, 4) is 0 Å². The van der Waals surface area contributed by atoms with E-state index in [4.69, 9.17) is 4.42 Å². The lowest BCUT2D eigenvalue weighted by atomic mass is 10.1. The van der Waals surface area contributed by atoms with Gasteiger partial charge in [-0.3, -0.25) is 14.9 Å². The zero-order valence-corrected chi connectivity index (χ0v) is 13.4. The fraction of sp³-hybridized carbons (Fsp3) is 0.143. The summed E-state index contributed by atoms with van der Waals surface area (Å²) in [4.78, 5) is 24.2. The van der Waals surface area contributed by atoms with Gasteiger partial charge in [0.2, 0.25) is 5.13 Å². The monoisotopic (exact) mass is 333 g/mol. The van der Waals surface area contributed by atoms with E-state index in [0.717, 1.165) is 9.90 Å². The maximum atomic E-state index is 12.2. The highest BCUT2D eigenvalue weighted by Crippen LogP contribution is 2.23. The number of carbonyl (C=O) groups excluding carboxylic acids is 1. The van der Waals surface area contributed by atoms with Gasteiger partial charge in [0, 0.05) is 6.07 Å². The van der Waals surface area contributed by atoms with Crippen LogP contribution < -0.4 is 10.7 Å². The molecule has 3 rings (SSSR count). The number of amides is 1. The Morgan fingerprint density at radius 2 is 2.14 bits per heavy atom. The number of aromatic nitrogens is 2. The molecule has 2 aromatic heterocycles. The minimum absolute atomic E-state index is 0.0519. The van der Waals surface area contributed by atoms with Crippen molar-refractivity contribution < 1.29 is 9.21 Å². The summed E-state index contributed by atoms with van der Waals surface area (Å²) in [6.45, 7) is 1.89. The van der Waals surface area contributed by atoms with Crippen LogP contribution in [0, 0.1) is 6.92 Å². The zero-order chi connectivity index (χ0) is 15.7. The lowest BCUT2D eigenvalue weighted by molar-refractivity contribution is 0.0997. The number of hydrogen-bond donors (Lipinski definition) is 1. The summed E-state index contributed by atoms with van der Waals surface area (Å²) in [6.07, 6.45) is 1.87. The van der Waals surface area contributed by atoms with Crippen molar-refractivity contribution in [1.29, 1.82) is 0 Å². The molecule has 0 aliphatic rings. The summed E-state index contributed by atoms with van der Waals surface area (Å²) in [5, 5.41) is 11.1. The van der Waals surface area contributed by atoms with Crippen molar-refractivity contribution in [2.24, 2.45) is 0 Å². The molecule has 1 amide bonds. The molecule has 0 aliphatic carbocycles. The predicted molar refractivity (Wildman–Crippen MR) is 86.9 cm³/mol. The number of aryl methyl sites for hydroxylation is 1. The highest BCUT2D eigenvalue weighted by atomic mass is 32.2. The van der Waals surface area contributed by atoms with E-state index in [1.54, 1.807) is 12.1 Å². The normalized spacial score (nSPS) is 10.8. The van der Waals surface area contributed by atoms with Gasteiger partial charge in [-0.1, -0.05) is 29.2 Å². The van der Waals surface area contributed by atoms with E-state index >= 15 is 0 Å². The summed E-state index contributed by atoms with van der Waals surface area (Å²) >= 11 is 2.69. The summed E-state index contributed by atoms with van der Waals surface area (Å²) < 4.78 is 6.27. The topological polar surface area (TPSA) is 85.1 Å². The van der Waals surface area contributed by atoms with E-state index in [2.05, 4.69) is 15.5 Å². The van der Waals surface area contributed by atoms with Gasteiger partial charge in [0.25, 0.3) is 5.91 Å². The van der Waals surface area contributed by atoms with Gasteiger partial charge in [0.1, 0.15) is 5.58 Å². The van der Waals surface area contributed by atoms with Crippen molar-refractivity contribution in [1.82, 2.24) is 10.2 Å². The smallest absolute Gasteiger partial charge is 0.293 e. The van der Waals surface area contributed by atoms with Gasteiger partial charge in [0.15, 0.2) is 15.5 Å². The number of carbonyl (C=O) groups is 1. The molecular formula is C14H11N3O3S2. The number of rotatable bonds is 3. The molecule has 2 heterocycles. The van der Waals surface area contributed by atoms with E-state index in [-0.39, 0.29) is 11.2 Å². The lowest BCUT2D eigenvalue weighted by Gasteiger charge is -2.03. The maximum Gasteiger partial charge on any atom is 0.293 e. The molecule has 22 heavy (non-hydrogen) atoms. The minimum Gasteiger partial charge on any atom is -0.451 e. The molecule has 0 saturated carbocycles. The quantitative estimate of drug-likeness (QED) is 0.586. The van der Waals surface area contributed by atoms with Crippen LogP contribution in [0.15, 0.2) is 37.8 Å². The van der Waals surface area contributed by atoms with Gasteiger partial charge in [0.05, 0.1) is 5.39 Å². The molecule has 1 N–H and O–H groups in total. The Hall–Kier alpha value is -2.19. The molecular weight excluding hydrogens is 322 g/mol. The van der Waals surface area contributed by atoms with E-state index in [0.29, 0.717) is 16.1 Å². The third kappa shape index (κ3) is 2.88. The van der Waals surface area contributed by atoms with Crippen molar-refractivity contribution in [3.63, 3.8) is 0 Å². The van der Waals surface area contributed by atoms with E-state index in [1.807, 2.05) is 19.2 Å². The fourth-order valence-corrected chi connectivity index (χ4v) is 3.04. The highest BCUT2D eigenvalue weighted by Gasteiger charge is 2.15. The summed E-state index contributed by atoms with van der Waals surface area (Å²) in [5.74, 6) is -0.576. The summed E-state index contributed by atoms with van der Waals surface area (Å²) in [7, 11) is 0. The van der Waals surface area contributed by atoms with Gasteiger partial charge in [-0.25, -0.2) is 0 Å². The third-order valence-corrected chi connectivity index (χ3v) is 4.72. The summed E-state index contributed by atoms with van der Waals surface area (Å²) in [5.41, 5.74) is 1.08. The molecule has 0 atom stereocenters. The maximum absolute atomic E-state index is 12.2. The first-order chi connectivity index (χ1) is 10.6.